The van der Waals surface area contributed by atoms with Gasteiger partial charge in [0.1, 0.15) is 0 Å². The largest absolute Gasteiger partial charge is 0.379 e. The predicted octanol–water partition coefficient (Wildman–Crippen LogP) is 0.812. The standard InChI is InChI=1S/C12H27NO4/c1-2-14-7-8-16-11-12-17-10-9-15-6-4-3-5-13/h2-13H2,1H3. The molecule has 2 N–H and O–H groups in total. The fraction of sp³-hybridized carbons (Fsp3) is 1.00. The number of nitrogens with two attached hydrogens (primary N) is 1. The van der Waals surface area contributed by atoms with Gasteiger partial charge in [0.2, 0.25) is 0 Å². The second kappa shape index (κ2) is 15.8. The molecule has 0 heterocycles. The van der Waals surface area contributed by atoms with Crippen molar-refractivity contribution in [2.24, 2.45) is 5.73 Å². The lowest BCUT2D eigenvalue weighted by atomic mass is 10.3. The maximum Gasteiger partial charge on any atom is 0.0701 e. The summed E-state index contributed by atoms with van der Waals surface area (Å²) < 4.78 is 21.1. The van der Waals surface area contributed by atoms with E-state index >= 15 is 0 Å². The second-order valence-electron chi connectivity index (χ2n) is 3.53. The van der Waals surface area contributed by atoms with Crippen LogP contribution >= 0.6 is 0 Å². The van der Waals surface area contributed by atoms with E-state index in [-0.39, 0.29) is 0 Å². The topological polar surface area (TPSA) is 62.9 Å². The summed E-state index contributed by atoms with van der Waals surface area (Å²) in [6, 6.07) is 0. The Morgan fingerprint density at radius 3 is 1.59 bits per heavy atom. The molecule has 0 aromatic carbocycles. The van der Waals surface area contributed by atoms with E-state index in [1.807, 2.05) is 6.92 Å². The van der Waals surface area contributed by atoms with Gasteiger partial charge in [-0.05, 0) is 26.3 Å². The van der Waals surface area contributed by atoms with Crippen molar-refractivity contribution < 1.29 is 18.9 Å². The summed E-state index contributed by atoms with van der Waals surface area (Å²) in [5, 5.41) is 0. The Hall–Kier alpha value is -0.200. The van der Waals surface area contributed by atoms with Crippen LogP contribution in [0.2, 0.25) is 0 Å². The number of rotatable bonds is 14. The molecular weight excluding hydrogens is 222 g/mol. The van der Waals surface area contributed by atoms with Gasteiger partial charge >= 0.3 is 0 Å². The Kier molecular flexibility index (Phi) is 15.6. The zero-order chi connectivity index (χ0) is 12.6. The minimum absolute atomic E-state index is 0.609. The molecule has 0 saturated carbocycles. The fourth-order valence-corrected chi connectivity index (χ4v) is 1.15. The van der Waals surface area contributed by atoms with Crippen LogP contribution in [0.4, 0.5) is 0 Å². The third kappa shape index (κ3) is 15.8. The third-order valence-electron chi connectivity index (χ3n) is 2.06. The third-order valence-corrected chi connectivity index (χ3v) is 2.06. The summed E-state index contributed by atoms with van der Waals surface area (Å²) in [6.07, 6.45) is 2.05. The van der Waals surface area contributed by atoms with Crippen LogP contribution in [0.1, 0.15) is 19.8 Å². The lowest BCUT2D eigenvalue weighted by Crippen LogP contribution is -2.12. The maximum atomic E-state index is 5.36. The first-order chi connectivity index (χ1) is 8.41. The molecule has 0 aliphatic heterocycles. The normalized spacial score (nSPS) is 10.9. The molecule has 0 spiro atoms. The first-order valence-corrected chi connectivity index (χ1v) is 6.42. The van der Waals surface area contributed by atoms with Crippen LogP contribution in [0, 0.1) is 0 Å². The molecule has 0 saturated heterocycles. The molecule has 0 atom stereocenters. The van der Waals surface area contributed by atoms with Crippen LogP contribution in [-0.2, 0) is 18.9 Å². The highest BCUT2D eigenvalue weighted by molar-refractivity contribution is 4.39. The second-order valence-corrected chi connectivity index (χ2v) is 3.53. The summed E-state index contributed by atoms with van der Waals surface area (Å²) in [7, 11) is 0. The molecule has 0 amide bonds. The molecule has 0 unspecified atom stereocenters. The highest BCUT2D eigenvalue weighted by Crippen LogP contribution is 1.88. The van der Waals surface area contributed by atoms with Crippen LogP contribution in [0.25, 0.3) is 0 Å². The summed E-state index contributed by atoms with van der Waals surface area (Å²) in [5.74, 6) is 0. The lowest BCUT2D eigenvalue weighted by molar-refractivity contribution is -0.000763. The molecule has 0 aromatic rings. The summed E-state index contributed by atoms with van der Waals surface area (Å²) >= 11 is 0. The number of hydrogen-bond donors (Lipinski definition) is 1. The molecule has 17 heavy (non-hydrogen) atoms. The number of unbranched alkanes of at least 4 members (excludes halogenated alkanes) is 1. The van der Waals surface area contributed by atoms with Crippen molar-refractivity contribution in [1.82, 2.24) is 0 Å². The highest BCUT2D eigenvalue weighted by atomic mass is 16.6. The van der Waals surface area contributed by atoms with Crippen LogP contribution in [0.15, 0.2) is 0 Å². The Morgan fingerprint density at radius 1 is 0.647 bits per heavy atom. The zero-order valence-corrected chi connectivity index (χ0v) is 11.0. The van der Waals surface area contributed by atoms with Gasteiger partial charge in [0.05, 0.1) is 39.6 Å². The van der Waals surface area contributed by atoms with Gasteiger partial charge in [-0.15, -0.1) is 0 Å². The SMILES string of the molecule is CCOCCOCCOCCOCCCCN. The van der Waals surface area contributed by atoms with Crippen molar-refractivity contribution in [1.29, 1.82) is 0 Å². The van der Waals surface area contributed by atoms with Gasteiger partial charge in [-0.25, -0.2) is 0 Å². The van der Waals surface area contributed by atoms with E-state index in [1.165, 1.54) is 0 Å². The highest BCUT2D eigenvalue weighted by Gasteiger charge is 1.92. The number of hydrogen-bond acceptors (Lipinski definition) is 5. The van der Waals surface area contributed by atoms with Crippen molar-refractivity contribution in [2.75, 3.05) is 59.4 Å². The van der Waals surface area contributed by atoms with E-state index in [4.69, 9.17) is 24.7 Å². The Balaban J connectivity index is 2.85. The van der Waals surface area contributed by atoms with Crippen LogP contribution < -0.4 is 5.73 Å². The minimum atomic E-state index is 0.609. The lowest BCUT2D eigenvalue weighted by Gasteiger charge is -2.06. The Bertz CT molecular complexity index is 122. The smallest absolute Gasteiger partial charge is 0.0701 e. The maximum absolute atomic E-state index is 5.36. The van der Waals surface area contributed by atoms with Crippen molar-refractivity contribution >= 4 is 0 Å². The van der Waals surface area contributed by atoms with Crippen LogP contribution in [0.5, 0.6) is 0 Å². The Morgan fingerprint density at radius 2 is 1.12 bits per heavy atom. The quantitative estimate of drug-likeness (QED) is 0.462. The van der Waals surface area contributed by atoms with Gasteiger partial charge in [-0.3, -0.25) is 0 Å². The van der Waals surface area contributed by atoms with Gasteiger partial charge in [0, 0.05) is 13.2 Å². The molecule has 0 aliphatic carbocycles. The van der Waals surface area contributed by atoms with Gasteiger partial charge in [0.25, 0.3) is 0 Å². The average Bonchev–Trinajstić information content (AvgIpc) is 2.35. The van der Waals surface area contributed by atoms with E-state index in [9.17, 15) is 0 Å². The Labute approximate surface area is 105 Å². The summed E-state index contributed by atoms with van der Waals surface area (Å²) in [4.78, 5) is 0. The van der Waals surface area contributed by atoms with Crippen LogP contribution in [0.3, 0.4) is 0 Å². The first-order valence-electron chi connectivity index (χ1n) is 6.42. The van der Waals surface area contributed by atoms with E-state index in [0.29, 0.717) is 39.6 Å². The van der Waals surface area contributed by atoms with Gasteiger partial charge in [-0.2, -0.15) is 0 Å². The van der Waals surface area contributed by atoms with E-state index < -0.39 is 0 Å². The molecule has 0 rings (SSSR count). The van der Waals surface area contributed by atoms with Crippen molar-refractivity contribution in [2.45, 2.75) is 19.8 Å². The molecule has 5 heteroatoms. The van der Waals surface area contributed by atoms with Crippen molar-refractivity contribution in [3.63, 3.8) is 0 Å². The molecule has 104 valence electrons. The van der Waals surface area contributed by atoms with Gasteiger partial charge in [0.15, 0.2) is 0 Å². The summed E-state index contributed by atoms with van der Waals surface area (Å²) in [5.41, 5.74) is 5.36. The van der Waals surface area contributed by atoms with E-state index in [2.05, 4.69) is 0 Å². The van der Waals surface area contributed by atoms with E-state index in [0.717, 1.165) is 32.6 Å². The average molecular weight is 249 g/mol. The fourth-order valence-electron chi connectivity index (χ4n) is 1.15. The molecular formula is C12H27NO4. The molecule has 0 bridgehead atoms. The molecule has 0 radical (unpaired) electrons. The molecule has 5 nitrogen and oxygen atoms in total. The molecule has 0 fully saturated rings. The molecule has 0 aromatic heterocycles. The summed E-state index contributed by atoms with van der Waals surface area (Å²) in [6.45, 7) is 7.98. The molecule has 0 aliphatic rings. The van der Waals surface area contributed by atoms with Gasteiger partial charge < -0.3 is 24.7 Å². The van der Waals surface area contributed by atoms with Crippen molar-refractivity contribution in [3.8, 4) is 0 Å². The van der Waals surface area contributed by atoms with Gasteiger partial charge in [-0.1, -0.05) is 0 Å². The number of ether oxygens (including phenoxy) is 4. The first kappa shape index (κ1) is 16.8. The zero-order valence-electron chi connectivity index (χ0n) is 11.0. The monoisotopic (exact) mass is 249 g/mol. The van der Waals surface area contributed by atoms with Crippen molar-refractivity contribution in [3.05, 3.63) is 0 Å². The van der Waals surface area contributed by atoms with E-state index in [1.54, 1.807) is 0 Å². The minimum Gasteiger partial charge on any atom is -0.379 e. The van der Waals surface area contributed by atoms with Crippen LogP contribution in [-0.4, -0.2) is 59.4 Å². The predicted molar refractivity (Wildman–Crippen MR) is 67.2 cm³/mol.